The molecular formula is C7H5NO6S. The van der Waals surface area contributed by atoms with Crippen LogP contribution in [0.5, 0.6) is 0 Å². The minimum atomic E-state index is -2.79. The lowest BCUT2D eigenvalue weighted by atomic mass is 10.2. The van der Waals surface area contributed by atoms with Gasteiger partial charge in [0.2, 0.25) is 0 Å². The highest BCUT2D eigenvalue weighted by molar-refractivity contribution is 7.74. The molecule has 80 valence electrons. The third-order valence-electron chi connectivity index (χ3n) is 1.47. The zero-order valence-corrected chi connectivity index (χ0v) is 7.97. The molecule has 0 saturated heterocycles. The fourth-order valence-electron chi connectivity index (χ4n) is 0.915. The third kappa shape index (κ3) is 2.82. The number of hydrogen-bond acceptors (Lipinski definition) is 5. The quantitative estimate of drug-likeness (QED) is 0.470. The van der Waals surface area contributed by atoms with Gasteiger partial charge in [-0.2, -0.15) is 4.21 Å². The number of nitro groups is 1. The van der Waals surface area contributed by atoms with Crippen LogP contribution in [0, 0.1) is 10.1 Å². The van der Waals surface area contributed by atoms with E-state index in [1.807, 2.05) is 0 Å². The fraction of sp³-hybridized carbons (Fsp3) is 0. The molecule has 1 N–H and O–H groups in total. The van der Waals surface area contributed by atoms with Crippen LogP contribution in [-0.4, -0.2) is 19.7 Å². The van der Waals surface area contributed by atoms with Crippen LogP contribution < -0.4 is 0 Å². The van der Waals surface area contributed by atoms with Gasteiger partial charge >= 0.3 is 17.3 Å². The number of rotatable bonds is 3. The summed E-state index contributed by atoms with van der Waals surface area (Å²) in [6.07, 6.45) is 0. The first-order valence-electron chi connectivity index (χ1n) is 3.59. The molecule has 1 aromatic carbocycles. The number of carbonyl (C=O) groups excluding carboxylic acids is 1. The second-order valence-electron chi connectivity index (χ2n) is 2.36. The van der Waals surface area contributed by atoms with Crippen LogP contribution in [0.1, 0.15) is 10.4 Å². The van der Waals surface area contributed by atoms with Crippen molar-refractivity contribution >= 4 is 23.0 Å². The van der Waals surface area contributed by atoms with Crippen molar-refractivity contribution in [2.75, 3.05) is 0 Å². The van der Waals surface area contributed by atoms with E-state index in [1.54, 1.807) is 0 Å². The molecule has 0 spiro atoms. The van der Waals surface area contributed by atoms with Crippen molar-refractivity contribution in [1.29, 1.82) is 0 Å². The normalized spacial score (nSPS) is 11.8. The average Bonchev–Trinajstić information content (AvgIpc) is 2.16. The van der Waals surface area contributed by atoms with Gasteiger partial charge in [-0.05, 0) is 6.07 Å². The Labute approximate surface area is 86.3 Å². The molecule has 1 aromatic rings. The molecule has 0 aliphatic carbocycles. The number of hydrogen-bond donors (Lipinski definition) is 1. The minimum absolute atomic E-state index is 0.370. The monoisotopic (exact) mass is 231 g/mol. The van der Waals surface area contributed by atoms with Crippen molar-refractivity contribution in [1.82, 2.24) is 0 Å². The van der Waals surface area contributed by atoms with Crippen molar-refractivity contribution < 1.29 is 22.7 Å². The SMILES string of the molecule is O=C(OS(=O)O)c1ccccc1[N+](=O)[O-]. The van der Waals surface area contributed by atoms with Crippen LogP contribution in [-0.2, 0) is 15.5 Å². The third-order valence-corrected chi connectivity index (χ3v) is 1.76. The lowest BCUT2D eigenvalue weighted by molar-refractivity contribution is -0.385. The lowest BCUT2D eigenvalue weighted by Crippen LogP contribution is -2.09. The van der Waals surface area contributed by atoms with Gasteiger partial charge in [0.05, 0.1) is 4.92 Å². The molecule has 15 heavy (non-hydrogen) atoms. The van der Waals surface area contributed by atoms with Gasteiger partial charge in [-0.25, -0.2) is 4.79 Å². The van der Waals surface area contributed by atoms with Crippen molar-refractivity contribution in [3.8, 4) is 0 Å². The Balaban J connectivity index is 3.08. The van der Waals surface area contributed by atoms with E-state index in [2.05, 4.69) is 4.18 Å². The van der Waals surface area contributed by atoms with E-state index in [0.29, 0.717) is 0 Å². The molecule has 1 unspecified atom stereocenters. The van der Waals surface area contributed by atoms with E-state index in [0.717, 1.165) is 12.1 Å². The second-order valence-corrected chi connectivity index (χ2v) is 2.96. The Morgan fingerprint density at radius 1 is 1.47 bits per heavy atom. The maximum atomic E-state index is 11.1. The number of para-hydroxylation sites is 1. The number of nitrogens with zero attached hydrogens (tertiary/aromatic N) is 1. The molecule has 0 bridgehead atoms. The summed E-state index contributed by atoms with van der Waals surface area (Å²) >= 11 is -2.79. The highest BCUT2D eigenvalue weighted by Crippen LogP contribution is 2.18. The maximum absolute atomic E-state index is 11.1. The molecule has 1 rings (SSSR count). The van der Waals surface area contributed by atoms with Crippen molar-refractivity contribution in [2.45, 2.75) is 0 Å². The molecule has 0 aliphatic rings. The summed E-state index contributed by atoms with van der Waals surface area (Å²) in [6.45, 7) is 0. The van der Waals surface area contributed by atoms with Gasteiger partial charge in [0.15, 0.2) is 0 Å². The summed E-state index contributed by atoms with van der Waals surface area (Å²) in [5.41, 5.74) is -0.849. The molecule has 0 radical (unpaired) electrons. The van der Waals surface area contributed by atoms with E-state index in [9.17, 15) is 19.1 Å². The first-order valence-corrected chi connectivity index (χ1v) is 4.62. The predicted molar refractivity (Wildman–Crippen MR) is 49.3 cm³/mol. The van der Waals surface area contributed by atoms with Crippen LogP contribution in [0.2, 0.25) is 0 Å². The first kappa shape index (κ1) is 11.3. The summed E-state index contributed by atoms with van der Waals surface area (Å²) in [4.78, 5) is 20.8. The van der Waals surface area contributed by atoms with E-state index in [1.165, 1.54) is 12.1 Å². The molecule has 0 amide bonds. The van der Waals surface area contributed by atoms with Crippen molar-refractivity contribution in [3.05, 3.63) is 39.9 Å². The van der Waals surface area contributed by atoms with E-state index in [4.69, 9.17) is 4.55 Å². The average molecular weight is 231 g/mol. The van der Waals surface area contributed by atoms with E-state index < -0.39 is 27.9 Å². The molecule has 0 saturated carbocycles. The zero-order chi connectivity index (χ0) is 11.4. The van der Waals surface area contributed by atoms with Gasteiger partial charge in [-0.3, -0.25) is 14.7 Å². The zero-order valence-electron chi connectivity index (χ0n) is 7.15. The van der Waals surface area contributed by atoms with Crippen LogP contribution >= 0.6 is 0 Å². The predicted octanol–water partition coefficient (Wildman–Crippen LogP) is 0.888. The highest BCUT2D eigenvalue weighted by Gasteiger charge is 2.21. The van der Waals surface area contributed by atoms with Gasteiger partial charge in [0, 0.05) is 6.07 Å². The maximum Gasteiger partial charge on any atom is 0.360 e. The largest absolute Gasteiger partial charge is 0.360 e. The molecule has 0 fully saturated rings. The van der Waals surface area contributed by atoms with Crippen molar-refractivity contribution in [3.63, 3.8) is 0 Å². The number of nitro benzene ring substituents is 1. The number of carbonyl (C=O) groups is 1. The summed E-state index contributed by atoms with van der Waals surface area (Å²) in [7, 11) is 0. The van der Waals surface area contributed by atoms with Crippen LogP contribution in [0.4, 0.5) is 5.69 Å². The van der Waals surface area contributed by atoms with Gasteiger partial charge in [0.1, 0.15) is 5.56 Å². The smallest absolute Gasteiger partial charge is 0.339 e. The lowest BCUT2D eigenvalue weighted by Gasteiger charge is -1.99. The van der Waals surface area contributed by atoms with Gasteiger partial charge in [-0.1, -0.05) is 12.1 Å². The Morgan fingerprint density at radius 3 is 2.60 bits per heavy atom. The van der Waals surface area contributed by atoms with Crippen LogP contribution in [0.25, 0.3) is 0 Å². The summed E-state index contributed by atoms with van der Waals surface area (Å²) in [5.74, 6) is -1.22. The molecule has 0 aliphatic heterocycles. The van der Waals surface area contributed by atoms with E-state index >= 15 is 0 Å². The molecule has 0 aromatic heterocycles. The van der Waals surface area contributed by atoms with Gasteiger partial charge in [-0.15, -0.1) is 0 Å². The number of benzene rings is 1. The fourth-order valence-corrected chi connectivity index (χ4v) is 1.13. The van der Waals surface area contributed by atoms with Gasteiger partial charge in [0.25, 0.3) is 5.69 Å². The molecule has 1 atom stereocenters. The Bertz CT molecular complexity index is 431. The Hall–Kier alpha value is -1.80. The molecular weight excluding hydrogens is 226 g/mol. The molecule has 7 nitrogen and oxygen atoms in total. The highest BCUT2D eigenvalue weighted by atomic mass is 32.2. The van der Waals surface area contributed by atoms with Crippen LogP contribution in [0.15, 0.2) is 24.3 Å². The van der Waals surface area contributed by atoms with Crippen molar-refractivity contribution in [2.24, 2.45) is 0 Å². The minimum Gasteiger partial charge on any atom is -0.339 e. The Kier molecular flexibility index (Phi) is 3.47. The second kappa shape index (κ2) is 4.62. The topological polar surface area (TPSA) is 107 Å². The van der Waals surface area contributed by atoms with Crippen LogP contribution in [0.3, 0.4) is 0 Å². The Morgan fingerprint density at radius 2 is 2.07 bits per heavy atom. The standard InChI is InChI=1S/C7H5NO6S/c9-7(14-15(12)13)5-3-1-2-4-6(5)8(10)11/h1-4H,(H,12,13). The molecule has 0 heterocycles. The summed E-state index contributed by atoms with van der Waals surface area (Å²) in [5, 5.41) is 10.5. The molecule has 8 heteroatoms. The van der Waals surface area contributed by atoms with Gasteiger partial charge < -0.3 is 4.18 Å². The summed E-state index contributed by atoms with van der Waals surface area (Å²) < 4.78 is 22.3. The summed E-state index contributed by atoms with van der Waals surface area (Å²) in [6, 6.07) is 4.97. The first-order chi connectivity index (χ1) is 7.02. The van der Waals surface area contributed by atoms with E-state index in [-0.39, 0.29) is 5.56 Å².